The van der Waals surface area contributed by atoms with Crippen LogP contribution in [0.3, 0.4) is 0 Å². The lowest BCUT2D eigenvalue weighted by Gasteiger charge is -2.32. The van der Waals surface area contributed by atoms with E-state index in [0.29, 0.717) is 12.8 Å². The Morgan fingerprint density at radius 1 is 0.667 bits per heavy atom. The van der Waals surface area contributed by atoms with Gasteiger partial charge in [0.15, 0.2) is 11.9 Å². The fourth-order valence-corrected chi connectivity index (χ4v) is 8.35. The van der Waals surface area contributed by atoms with E-state index in [0.717, 1.165) is 64.2 Å². The van der Waals surface area contributed by atoms with Gasteiger partial charge in [-0.25, -0.2) is 9.36 Å². The number of ether oxygens (including phenoxy) is 1. The van der Waals surface area contributed by atoms with E-state index in [1.807, 2.05) is 0 Å². The summed E-state index contributed by atoms with van der Waals surface area (Å²) in [6.45, 7) is 12.1. The summed E-state index contributed by atoms with van der Waals surface area (Å²) in [6.07, 6.45) is 19.5. The molecular weight excluding hydrogens is 631 g/mol. The normalized spacial score (nSPS) is 19.5. The lowest BCUT2D eigenvalue weighted by Crippen LogP contribution is -2.31. The Morgan fingerprint density at radius 2 is 1.06 bits per heavy atom. The number of aliphatic hydroxyl groups excluding tert-OH is 3. The number of phosphoric acid groups is 1. The maximum absolute atomic E-state index is 14.8. The third-order valence-corrected chi connectivity index (χ3v) is 11.1. The average molecular weight is 705 g/mol. The summed E-state index contributed by atoms with van der Waals surface area (Å²) in [4.78, 5) is 12.8. The summed E-state index contributed by atoms with van der Waals surface area (Å²) < 4.78 is 38.4. The predicted molar refractivity (Wildman–Crippen MR) is 194 cm³/mol. The molecule has 3 N–H and O–H groups in total. The molecular formula is C38H73O9P. The predicted octanol–water partition coefficient (Wildman–Crippen LogP) is 10.9. The minimum atomic E-state index is -4.49. The molecule has 5 unspecified atom stereocenters. The van der Waals surface area contributed by atoms with Crippen LogP contribution in [0.25, 0.3) is 0 Å². The van der Waals surface area contributed by atoms with Crippen LogP contribution >= 0.6 is 7.82 Å². The van der Waals surface area contributed by atoms with Crippen molar-refractivity contribution in [2.45, 2.75) is 207 Å². The van der Waals surface area contributed by atoms with Gasteiger partial charge < -0.3 is 24.6 Å². The Morgan fingerprint density at radius 3 is 1.44 bits per heavy atom. The fraction of sp³-hybridized carbons (Fsp3) is 0.921. The number of cyclic esters (lactones) is 1. The number of esters is 1. The van der Waals surface area contributed by atoms with Crippen molar-refractivity contribution in [2.75, 3.05) is 6.61 Å². The first-order valence-electron chi connectivity index (χ1n) is 19.7. The van der Waals surface area contributed by atoms with E-state index in [1.165, 1.54) is 64.2 Å². The van der Waals surface area contributed by atoms with Gasteiger partial charge in [0.25, 0.3) is 5.76 Å². The van der Waals surface area contributed by atoms with E-state index in [9.17, 15) is 24.7 Å². The smallest absolute Gasteiger partial charge is 0.505 e. The second-order valence-electron chi connectivity index (χ2n) is 14.2. The van der Waals surface area contributed by atoms with Crippen molar-refractivity contribution in [3.63, 3.8) is 0 Å². The zero-order valence-corrected chi connectivity index (χ0v) is 32.4. The van der Waals surface area contributed by atoms with Crippen molar-refractivity contribution in [3.8, 4) is 0 Å². The fourth-order valence-electron chi connectivity index (χ4n) is 6.53. The Kier molecular flexibility index (Phi) is 24.9. The SMILES string of the molecule is CCCCCCCCCCC(OP(=O)(OC1=C(O)[C@@H](C(O)CO)OC1=O)OC(CCCCCCCCCC)C(C)CCC)C(C)CCC. The number of rotatable bonds is 32. The van der Waals surface area contributed by atoms with E-state index in [2.05, 4.69) is 41.5 Å². The molecule has 0 saturated carbocycles. The third kappa shape index (κ3) is 17.7. The largest absolute Gasteiger partial charge is 0.531 e. The Labute approximate surface area is 293 Å². The minimum absolute atomic E-state index is 0.0568. The highest BCUT2D eigenvalue weighted by molar-refractivity contribution is 7.48. The van der Waals surface area contributed by atoms with Crippen molar-refractivity contribution in [2.24, 2.45) is 11.8 Å². The highest BCUT2D eigenvalue weighted by atomic mass is 31.2. The number of carbonyl (C=O) groups is 1. The lowest BCUT2D eigenvalue weighted by atomic mass is 9.95. The quantitative estimate of drug-likeness (QED) is 0.0355. The molecule has 0 spiro atoms. The van der Waals surface area contributed by atoms with Crippen LogP contribution in [0.5, 0.6) is 0 Å². The van der Waals surface area contributed by atoms with Gasteiger partial charge in [0.05, 0.1) is 18.8 Å². The minimum Gasteiger partial charge on any atom is -0.505 e. The van der Waals surface area contributed by atoms with Gasteiger partial charge in [-0.1, -0.05) is 157 Å². The van der Waals surface area contributed by atoms with Crippen LogP contribution in [-0.2, 0) is 27.7 Å². The van der Waals surface area contributed by atoms with Crippen LogP contribution in [0.1, 0.15) is 183 Å². The molecule has 0 saturated heterocycles. The molecule has 1 heterocycles. The Hall–Kier alpha value is -1.12. The van der Waals surface area contributed by atoms with E-state index in [-0.39, 0.29) is 11.8 Å². The van der Waals surface area contributed by atoms with E-state index in [4.69, 9.17) is 18.3 Å². The first kappa shape index (κ1) is 44.9. The van der Waals surface area contributed by atoms with E-state index < -0.39 is 56.3 Å². The van der Waals surface area contributed by atoms with Gasteiger partial charge in [0.2, 0.25) is 0 Å². The summed E-state index contributed by atoms with van der Waals surface area (Å²) in [6, 6.07) is 0. The monoisotopic (exact) mass is 704 g/mol. The molecule has 48 heavy (non-hydrogen) atoms. The van der Waals surface area contributed by atoms with Crippen molar-refractivity contribution in [1.29, 1.82) is 0 Å². The molecule has 0 fully saturated rings. The molecule has 0 bridgehead atoms. The standard InChI is InChI=1S/C38H73O9P/c1-7-11-13-15-17-19-21-23-27-33(30(5)25-9-3)45-48(43,47-37-35(41)36(32(40)29-39)44-38(37)42)46-34(31(6)26-10-4)28-24-22-20-18-16-14-12-8-2/h30-34,36,39-41H,7-29H2,1-6H3/t30?,31?,32?,33?,34?,36-,48?/m1/s1. The van der Waals surface area contributed by atoms with Gasteiger partial charge in [-0.15, -0.1) is 0 Å². The summed E-state index contributed by atoms with van der Waals surface area (Å²) in [5.41, 5.74) is 0. The van der Waals surface area contributed by atoms with Crippen LogP contribution in [0, 0.1) is 11.8 Å². The molecule has 1 rings (SSSR count). The summed E-state index contributed by atoms with van der Waals surface area (Å²) in [7, 11) is -4.49. The first-order chi connectivity index (χ1) is 23.1. The van der Waals surface area contributed by atoms with E-state index in [1.54, 1.807) is 0 Å². The third-order valence-electron chi connectivity index (χ3n) is 9.63. The number of hydrogen-bond donors (Lipinski definition) is 3. The summed E-state index contributed by atoms with van der Waals surface area (Å²) in [5, 5.41) is 30.3. The summed E-state index contributed by atoms with van der Waals surface area (Å²) >= 11 is 0. The maximum atomic E-state index is 14.8. The molecule has 0 aromatic heterocycles. The first-order valence-corrected chi connectivity index (χ1v) is 21.1. The van der Waals surface area contributed by atoms with E-state index >= 15 is 0 Å². The highest BCUT2D eigenvalue weighted by Crippen LogP contribution is 2.57. The van der Waals surface area contributed by atoms with Crippen LogP contribution in [0.15, 0.2) is 11.5 Å². The number of phosphoric ester groups is 1. The zero-order chi connectivity index (χ0) is 35.8. The average Bonchev–Trinajstić information content (AvgIpc) is 3.34. The topological polar surface area (TPSA) is 132 Å². The molecule has 0 aromatic carbocycles. The van der Waals surface area contributed by atoms with Gasteiger partial charge in [-0.3, -0.25) is 9.05 Å². The molecule has 0 amide bonds. The van der Waals surface area contributed by atoms with Crippen molar-refractivity contribution < 1.29 is 43.0 Å². The summed E-state index contributed by atoms with van der Waals surface area (Å²) in [5.74, 6) is -2.39. The lowest BCUT2D eigenvalue weighted by molar-refractivity contribution is -0.147. The Balaban J connectivity index is 3.22. The zero-order valence-electron chi connectivity index (χ0n) is 31.5. The molecule has 9 nitrogen and oxygen atoms in total. The van der Waals surface area contributed by atoms with Crippen LogP contribution in [-0.4, -0.2) is 52.3 Å². The van der Waals surface area contributed by atoms with Gasteiger partial charge in [-0.2, -0.15) is 0 Å². The van der Waals surface area contributed by atoms with Gasteiger partial charge >= 0.3 is 13.8 Å². The molecule has 1 aliphatic rings. The second kappa shape index (κ2) is 26.7. The number of unbranched alkanes of at least 4 members (excludes halogenated alkanes) is 14. The number of hydrogen-bond acceptors (Lipinski definition) is 9. The molecule has 284 valence electrons. The van der Waals surface area contributed by atoms with Gasteiger partial charge in [-0.05, 0) is 37.5 Å². The van der Waals surface area contributed by atoms with Crippen LogP contribution in [0.2, 0.25) is 0 Å². The molecule has 0 aromatic rings. The highest BCUT2D eigenvalue weighted by Gasteiger charge is 2.47. The molecule has 0 radical (unpaired) electrons. The van der Waals surface area contributed by atoms with Gasteiger partial charge in [0, 0.05) is 0 Å². The van der Waals surface area contributed by atoms with Gasteiger partial charge in [0.1, 0.15) is 6.10 Å². The van der Waals surface area contributed by atoms with Crippen molar-refractivity contribution in [3.05, 3.63) is 11.5 Å². The maximum Gasteiger partial charge on any atom is 0.531 e. The molecule has 1 aliphatic heterocycles. The van der Waals surface area contributed by atoms with Crippen molar-refractivity contribution in [1.82, 2.24) is 0 Å². The molecule has 10 heteroatoms. The number of carbonyl (C=O) groups excluding carboxylic acids is 1. The second-order valence-corrected chi connectivity index (χ2v) is 15.7. The van der Waals surface area contributed by atoms with Crippen molar-refractivity contribution >= 4 is 13.8 Å². The Bertz CT molecular complexity index is 869. The molecule has 0 aliphatic carbocycles. The molecule has 6 atom stereocenters. The van der Waals surface area contributed by atoms with Crippen LogP contribution < -0.4 is 0 Å². The van der Waals surface area contributed by atoms with Crippen LogP contribution in [0.4, 0.5) is 0 Å². The number of aliphatic hydroxyl groups is 3.